The van der Waals surface area contributed by atoms with Gasteiger partial charge in [-0.3, -0.25) is 4.79 Å². The molecule has 7 heteroatoms. The van der Waals surface area contributed by atoms with Crippen LogP contribution in [0.2, 0.25) is 0 Å². The van der Waals surface area contributed by atoms with Crippen molar-refractivity contribution >= 4 is 44.9 Å². The van der Waals surface area contributed by atoms with Gasteiger partial charge >= 0.3 is 0 Å². The molecule has 0 saturated carbocycles. The van der Waals surface area contributed by atoms with Crippen molar-refractivity contribution in [3.05, 3.63) is 45.4 Å². The number of hydrogen-bond donors (Lipinski definition) is 0. The van der Waals surface area contributed by atoms with Gasteiger partial charge in [0.1, 0.15) is 17.0 Å². The fourth-order valence-electron chi connectivity index (χ4n) is 2.47. The lowest BCUT2D eigenvalue weighted by Gasteiger charge is -2.08. The first-order valence-corrected chi connectivity index (χ1v) is 9.41. The molecule has 3 rings (SSSR count). The van der Waals surface area contributed by atoms with Crippen molar-refractivity contribution < 1.29 is 14.3 Å². The summed E-state index contributed by atoms with van der Waals surface area (Å²) in [7, 11) is 3.24. The number of carbonyl (C=O) groups excluding carboxylic acids is 1. The van der Waals surface area contributed by atoms with Crippen LogP contribution in [-0.4, -0.2) is 24.7 Å². The number of ether oxygens (including phenoxy) is 2. The molecule has 1 aromatic carbocycles. The van der Waals surface area contributed by atoms with Gasteiger partial charge in [0.15, 0.2) is 4.80 Å². The molecule has 1 amide bonds. The number of hydrogen-bond acceptors (Lipinski definition) is 5. The number of rotatable bonds is 5. The summed E-state index contributed by atoms with van der Waals surface area (Å²) in [6, 6.07) is 7.67. The average Bonchev–Trinajstić information content (AvgIpc) is 3.26. The van der Waals surface area contributed by atoms with Crippen LogP contribution in [0.25, 0.3) is 16.3 Å². The van der Waals surface area contributed by atoms with E-state index in [-0.39, 0.29) is 5.91 Å². The highest BCUT2D eigenvalue weighted by Gasteiger charge is 2.13. The normalized spacial score (nSPS) is 12.2. The maximum Gasteiger partial charge on any atom is 0.272 e. The minimum atomic E-state index is -0.284. The molecule has 0 saturated heterocycles. The first-order valence-electron chi connectivity index (χ1n) is 7.72. The predicted molar refractivity (Wildman–Crippen MR) is 103 cm³/mol. The zero-order valence-electron chi connectivity index (χ0n) is 14.2. The molecular formula is C18H18N2O3S2. The summed E-state index contributed by atoms with van der Waals surface area (Å²) >= 11 is 3.02. The number of aromatic nitrogens is 1. The van der Waals surface area contributed by atoms with E-state index < -0.39 is 0 Å². The number of aryl methyl sites for hydroxylation is 1. The quantitative estimate of drug-likeness (QED) is 0.636. The number of nitrogens with zero attached hydrogens (tertiary/aromatic N) is 2. The molecule has 5 nitrogen and oxygen atoms in total. The van der Waals surface area contributed by atoms with E-state index in [0.29, 0.717) is 22.8 Å². The van der Waals surface area contributed by atoms with Crippen LogP contribution in [0.1, 0.15) is 11.8 Å². The van der Waals surface area contributed by atoms with E-state index in [0.717, 1.165) is 15.1 Å². The Morgan fingerprint density at radius 1 is 1.32 bits per heavy atom. The fraction of sp³-hybridized carbons (Fsp3) is 0.222. The summed E-state index contributed by atoms with van der Waals surface area (Å²) in [5, 5.41) is 1.97. The van der Waals surface area contributed by atoms with Gasteiger partial charge < -0.3 is 14.0 Å². The number of carbonyl (C=O) groups is 1. The lowest BCUT2D eigenvalue weighted by Crippen LogP contribution is -2.15. The second kappa shape index (κ2) is 7.67. The molecule has 0 N–H and O–H groups in total. The van der Waals surface area contributed by atoms with Gasteiger partial charge in [-0.2, -0.15) is 4.99 Å². The minimum absolute atomic E-state index is 0.284. The standard InChI is InChI=1S/C18H18N2O3S2/c1-4-20-17-14(23-3)10-12(22-2)11-15(17)25-18(20)19-16(21)8-7-13-6-5-9-24-13/h5-11H,4H2,1-3H3. The lowest BCUT2D eigenvalue weighted by molar-refractivity contribution is -0.113. The van der Waals surface area contributed by atoms with Crippen molar-refractivity contribution in [2.24, 2.45) is 4.99 Å². The largest absolute Gasteiger partial charge is 0.497 e. The zero-order chi connectivity index (χ0) is 17.8. The highest BCUT2D eigenvalue weighted by molar-refractivity contribution is 7.16. The van der Waals surface area contributed by atoms with Crippen molar-refractivity contribution in [2.75, 3.05) is 14.2 Å². The van der Waals surface area contributed by atoms with Gasteiger partial charge in [0, 0.05) is 23.6 Å². The molecular weight excluding hydrogens is 356 g/mol. The topological polar surface area (TPSA) is 52.8 Å². The van der Waals surface area contributed by atoms with Gasteiger partial charge in [-0.05, 0) is 30.5 Å². The first-order chi connectivity index (χ1) is 12.2. The Hall–Kier alpha value is -2.38. The molecule has 0 radical (unpaired) electrons. The van der Waals surface area contributed by atoms with Gasteiger partial charge in [-0.25, -0.2) is 0 Å². The maximum absolute atomic E-state index is 12.2. The number of methoxy groups -OCH3 is 2. The van der Waals surface area contributed by atoms with E-state index in [9.17, 15) is 4.79 Å². The van der Waals surface area contributed by atoms with E-state index in [1.807, 2.05) is 41.1 Å². The fourth-order valence-corrected chi connectivity index (χ4v) is 4.24. The molecule has 2 heterocycles. The van der Waals surface area contributed by atoms with Crippen LogP contribution >= 0.6 is 22.7 Å². The molecule has 130 valence electrons. The molecule has 0 bridgehead atoms. The van der Waals surface area contributed by atoms with E-state index in [4.69, 9.17) is 9.47 Å². The smallest absolute Gasteiger partial charge is 0.272 e. The van der Waals surface area contributed by atoms with Gasteiger partial charge in [-0.15, -0.1) is 11.3 Å². The Kier molecular flexibility index (Phi) is 5.35. The predicted octanol–water partition coefficient (Wildman–Crippen LogP) is 3.94. The maximum atomic E-state index is 12.2. The molecule has 2 aromatic heterocycles. The molecule has 0 fully saturated rings. The van der Waals surface area contributed by atoms with Gasteiger partial charge in [-0.1, -0.05) is 17.4 Å². The molecule has 0 atom stereocenters. The van der Waals surface area contributed by atoms with Crippen LogP contribution in [0.4, 0.5) is 0 Å². The summed E-state index contributed by atoms with van der Waals surface area (Å²) in [6.45, 7) is 2.70. The Labute approximate surface area is 153 Å². The second-order valence-electron chi connectivity index (χ2n) is 5.10. The van der Waals surface area contributed by atoms with E-state index >= 15 is 0 Å². The van der Waals surface area contributed by atoms with Crippen molar-refractivity contribution in [3.8, 4) is 11.5 Å². The third-order valence-electron chi connectivity index (χ3n) is 3.63. The number of benzene rings is 1. The van der Waals surface area contributed by atoms with Crippen LogP contribution < -0.4 is 14.3 Å². The Morgan fingerprint density at radius 2 is 2.16 bits per heavy atom. The van der Waals surface area contributed by atoms with Crippen LogP contribution in [0.15, 0.2) is 40.7 Å². The monoisotopic (exact) mass is 374 g/mol. The summed E-state index contributed by atoms with van der Waals surface area (Å²) in [4.78, 5) is 18.1. The molecule has 25 heavy (non-hydrogen) atoms. The Morgan fingerprint density at radius 3 is 2.80 bits per heavy atom. The van der Waals surface area contributed by atoms with Crippen LogP contribution in [-0.2, 0) is 11.3 Å². The summed E-state index contributed by atoms with van der Waals surface area (Å²) in [5.74, 6) is 1.13. The van der Waals surface area contributed by atoms with Crippen molar-refractivity contribution in [1.29, 1.82) is 0 Å². The van der Waals surface area contributed by atoms with Crippen molar-refractivity contribution in [3.63, 3.8) is 0 Å². The SMILES string of the molecule is CCn1c(=NC(=O)C=Cc2cccs2)sc2cc(OC)cc(OC)c21. The summed E-state index contributed by atoms with van der Waals surface area (Å²) < 4.78 is 13.8. The molecule has 0 aliphatic heterocycles. The van der Waals surface area contributed by atoms with E-state index in [1.54, 1.807) is 31.6 Å². The molecule has 0 aliphatic carbocycles. The molecule has 0 spiro atoms. The van der Waals surface area contributed by atoms with E-state index in [2.05, 4.69) is 4.99 Å². The third-order valence-corrected chi connectivity index (χ3v) is 5.49. The van der Waals surface area contributed by atoms with Gasteiger partial charge in [0.05, 0.1) is 18.9 Å². The summed E-state index contributed by atoms with van der Waals surface area (Å²) in [5.41, 5.74) is 0.921. The third kappa shape index (κ3) is 3.67. The molecule has 0 aliphatic rings. The Bertz CT molecular complexity index is 982. The Balaban J connectivity index is 2.07. The molecule has 3 aromatic rings. The number of thiophene rings is 1. The number of thiazole rings is 1. The molecule has 0 unspecified atom stereocenters. The van der Waals surface area contributed by atoms with Crippen molar-refractivity contribution in [1.82, 2.24) is 4.57 Å². The lowest BCUT2D eigenvalue weighted by atomic mass is 10.3. The number of amides is 1. The van der Waals surface area contributed by atoms with Crippen LogP contribution in [0.3, 0.4) is 0 Å². The van der Waals surface area contributed by atoms with Gasteiger partial charge in [0.25, 0.3) is 5.91 Å². The highest BCUT2D eigenvalue weighted by Crippen LogP contribution is 2.32. The second-order valence-corrected chi connectivity index (χ2v) is 7.09. The number of fused-ring (bicyclic) bond motifs is 1. The van der Waals surface area contributed by atoms with Gasteiger partial charge in [0.2, 0.25) is 0 Å². The summed E-state index contributed by atoms with van der Waals surface area (Å²) in [6.07, 6.45) is 3.28. The minimum Gasteiger partial charge on any atom is -0.497 e. The highest BCUT2D eigenvalue weighted by atomic mass is 32.1. The van der Waals surface area contributed by atoms with Crippen molar-refractivity contribution in [2.45, 2.75) is 13.5 Å². The van der Waals surface area contributed by atoms with Crippen LogP contribution in [0, 0.1) is 0 Å². The average molecular weight is 374 g/mol. The van der Waals surface area contributed by atoms with E-state index in [1.165, 1.54) is 17.4 Å². The first kappa shape index (κ1) is 17.4. The zero-order valence-corrected chi connectivity index (χ0v) is 15.8. The van der Waals surface area contributed by atoms with Crippen LogP contribution in [0.5, 0.6) is 11.5 Å².